The van der Waals surface area contributed by atoms with Crippen molar-refractivity contribution in [2.24, 2.45) is 11.7 Å². The molecule has 1 aliphatic rings. The summed E-state index contributed by atoms with van der Waals surface area (Å²) < 4.78 is 1.14. The number of nitrogens with two attached hydrogens (primary N) is 1. The van der Waals surface area contributed by atoms with E-state index in [4.69, 9.17) is 5.73 Å². The molecule has 1 aromatic carbocycles. The van der Waals surface area contributed by atoms with E-state index >= 15 is 0 Å². The third kappa shape index (κ3) is 2.96. The molecular formula is C12H17BrClN. The normalized spacial score (nSPS) is 17.7. The summed E-state index contributed by atoms with van der Waals surface area (Å²) in [5, 5.41) is 0. The molecule has 0 aromatic heterocycles. The molecule has 15 heavy (non-hydrogen) atoms. The maximum atomic E-state index is 5.84. The summed E-state index contributed by atoms with van der Waals surface area (Å²) in [5.41, 5.74) is 7.24. The fourth-order valence-corrected chi connectivity index (χ4v) is 2.42. The van der Waals surface area contributed by atoms with E-state index in [1.165, 1.54) is 24.8 Å². The SMILES string of the molecule is Cl.NCC(c1ccc(Br)cc1)C1CCC1. The van der Waals surface area contributed by atoms with Gasteiger partial charge in [0.25, 0.3) is 0 Å². The molecule has 3 heteroatoms. The summed E-state index contributed by atoms with van der Waals surface area (Å²) in [5.74, 6) is 1.41. The number of hydrogen-bond acceptors (Lipinski definition) is 1. The van der Waals surface area contributed by atoms with Crippen molar-refractivity contribution in [2.45, 2.75) is 25.2 Å². The maximum absolute atomic E-state index is 5.84. The molecule has 1 aliphatic carbocycles. The molecule has 0 amide bonds. The van der Waals surface area contributed by atoms with Crippen LogP contribution >= 0.6 is 28.3 Å². The van der Waals surface area contributed by atoms with Crippen LogP contribution in [0.4, 0.5) is 0 Å². The lowest BCUT2D eigenvalue weighted by Crippen LogP contribution is -2.26. The molecule has 1 aromatic rings. The first kappa shape index (κ1) is 13.0. The molecular weight excluding hydrogens is 273 g/mol. The second kappa shape index (κ2) is 5.88. The van der Waals surface area contributed by atoms with Crippen LogP contribution in [0.25, 0.3) is 0 Å². The quantitative estimate of drug-likeness (QED) is 0.902. The zero-order chi connectivity index (χ0) is 9.97. The van der Waals surface area contributed by atoms with Gasteiger partial charge in [-0.05, 0) is 48.9 Å². The topological polar surface area (TPSA) is 26.0 Å². The summed E-state index contributed by atoms with van der Waals surface area (Å²) in [6.07, 6.45) is 4.10. The van der Waals surface area contributed by atoms with Gasteiger partial charge in [-0.1, -0.05) is 34.5 Å². The smallest absolute Gasteiger partial charge is 0.0175 e. The van der Waals surface area contributed by atoms with E-state index < -0.39 is 0 Å². The number of rotatable bonds is 3. The van der Waals surface area contributed by atoms with E-state index in [-0.39, 0.29) is 12.4 Å². The summed E-state index contributed by atoms with van der Waals surface area (Å²) in [6, 6.07) is 8.60. The third-order valence-electron chi connectivity index (χ3n) is 3.27. The van der Waals surface area contributed by atoms with E-state index in [1.54, 1.807) is 0 Å². The Balaban J connectivity index is 0.00000112. The van der Waals surface area contributed by atoms with Crippen LogP contribution in [0.3, 0.4) is 0 Å². The van der Waals surface area contributed by atoms with Crippen LogP contribution in [0.1, 0.15) is 30.7 Å². The molecule has 1 saturated carbocycles. The van der Waals surface area contributed by atoms with Crippen LogP contribution in [-0.4, -0.2) is 6.54 Å². The van der Waals surface area contributed by atoms with E-state index in [1.807, 2.05) is 0 Å². The van der Waals surface area contributed by atoms with Crippen molar-refractivity contribution >= 4 is 28.3 Å². The van der Waals surface area contributed by atoms with Crippen LogP contribution in [0.5, 0.6) is 0 Å². The highest BCUT2D eigenvalue weighted by molar-refractivity contribution is 9.10. The van der Waals surface area contributed by atoms with Crippen LogP contribution in [0.2, 0.25) is 0 Å². The summed E-state index contributed by atoms with van der Waals surface area (Å²) in [4.78, 5) is 0. The average Bonchev–Trinajstić information content (AvgIpc) is 2.13. The Morgan fingerprint density at radius 2 is 1.87 bits per heavy atom. The van der Waals surface area contributed by atoms with E-state index in [9.17, 15) is 0 Å². The molecule has 1 unspecified atom stereocenters. The highest BCUT2D eigenvalue weighted by Gasteiger charge is 2.27. The van der Waals surface area contributed by atoms with Gasteiger partial charge in [0.05, 0.1) is 0 Å². The van der Waals surface area contributed by atoms with Gasteiger partial charge < -0.3 is 5.73 Å². The standard InChI is InChI=1S/C12H16BrN.ClH/c13-11-6-4-10(5-7-11)12(8-14)9-2-1-3-9;/h4-7,9,12H,1-3,8,14H2;1H. The zero-order valence-corrected chi connectivity index (χ0v) is 11.1. The zero-order valence-electron chi connectivity index (χ0n) is 8.66. The van der Waals surface area contributed by atoms with Gasteiger partial charge in [-0.3, -0.25) is 0 Å². The van der Waals surface area contributed by atoms with Crippen molar-refractivity contribution in [1.82, 2.24) is 0 Å². The van der Waals surface area contributed by atoms with Gasteiger partial charge in [-0.2, -0.15) is 0 Å². The molecule has 0 radical (unpaired) electrons. The van der Waals surface area contributed by atoms with Crippen LogP contribution < -0.4 is 5.73 Å². The minimum Gasteiger partial charge on any atom is -0.330 e. The molecule has 0 aliphatic heterocycles. The van der Waals surface area contributed by atoms with Gasteiger partial charge >= 0.3 is 0 Å². The fraction of sp³-hybridized carbons (Fsp3) is 0.500. The first-order valence-corrected chi connectivity index (χ1v) is 6.06. The van der Waals surface area contributed by atoms with Crippen LogP contribution in [0, 0.1) is 5.92 Å². The van der Waals surface area contributed by atoms with Crippen molar-refractivity contribution in [3.8, 4) is 0 Å². The molecule has 1 nitrogen and oxygen atoms in total. The predicted octanol–water partition coefficient (Wildman–Crippen LogP) is 3.71. The predicted molar refractivity (Wildman–Crippen MR) is 70.5 cm³/mol. The van der Waals surface area contributed by atoms with Gasteiger partial charge in [-0.15, -0.1) is 12.4 Å². The van der Waals surface area contributed by atoms with Gasteiger partial charge in [0.1, 0.15) is 0 Å². The molecule has 0 bridgehead atoms. The van der Waals surface area contributed by atoms with Crippen molar-refractivity contribution in [2.75, 3.05) is 6.54 Å². The van der Waals surface area contributed by atoms with Gasteiger partial charge in [-0.25, -0.2) is 0 Å². The molecule has 2 N–H and O–H groups in total. The molecule has 84 valence electrons. The number of hydrogen-bond donors (Lipinski definition) is 1. The Bertz CT molecular complexity index is 295. The molecule has 2 rings (SSSR count). The first-order chi connectivity index (χ1) is 6.81. The fourth-order valence-electron chi connectivity index (χ4n) is 2.15. The van der Waals surface area contributed by atoms with Crippen molar-refractivity contribution in [1.29, 1.82) is 0 Å². The van der Waals surface area contributed by atoms with E-state index in [2.05, 4.69) is 40.2 Å². The molecule has 0 saturated heterocycles. The monoisotopic (exact) mass is 289 g/mol. The van der Waals surface area contributed by atoms with Crippen molar-refractivity contribution in [3.63, 3.8) is 0 Å². The van der Waals surface area contributed by atoms with Crippen LogP contribution in [-0.2, 0) is 0 Å². The van der Waals surface area contributed by atoms with Crippen molar-refractivity contribution < 1.29 is 0 Å². The number of halogens is 2. The largest absolute Gasteiger partial charge is 0.330 e. The molecule has 1 atom stereocenters. The Morgan fingerprint density at radius 1 is 1.27 bits per heavy atom. The third-order valence-corrected chi connectivity index (χ3v) is 3.80. The minimum absolute atomic E-state index is 0. The maximum Gasteiger partial charge on any atom is 0.0175 e. The Kier molecular flexibility index (Phi) is 5.10. The molecule has 0 heterocycles. The second-order valence-corrected chi connectivity index (χ2v) is 5.00. The lowest BCUT2D eigenvalue weighted by Gasteiger charge is -2.33. The first-order valence-electron chi connectivity index (χ1n) is 5.27. The lowest BCUT2D eigenvalue weighted by atomic mass is 9.73. The van der Waals surface area contributed by atoms with E-state index in [0.717, 1.165) is 16.9 Å². The van der Waals surface area contributed by atoms with Crippen LogP contribution in [0.15, 0.2) is 28.7 Å². The molecule has 0 spiro atoms. The number of benzene rings is 1. The second-order valence-electron chi connectivity index (χ2n) is 4.08. The summed E-state index contributed by atoms with van der Waals surface area (Å²) >= 11 is 3.45. The Labute approximate surface area is 106 Å². The van der Waals surface area contributed by atoms with Gasteiger partial charge in [0, 0.05) is 4.47 Å². The minimum atomic E-state index is 0. The Morgan fingerprint density at radius 3 is 2.27 bits per heavy atom. The highest BCUT2D eigenvalue weighted by atomic mass is 79.9. The summed E-state index contributed by atoms with van der Waals surface area (Å²) in [7, 11) is 0. The molecule has 1 fully saturated rings. The highest BCUT2D eigenvalue weighted by Crippen LogP contribution is 2.38. The summed E-state index contributed by atoms with van der Waals surface area (Å²) in [6.45, 7) is 0.784. The van der Waals surface area contributed by atoms with Crippen molar-refractivity contribution in [3.05, 3.63) is 34.3 Å². The lowest BCUT2D eigenvalue weighted by molar-refractivity contribution is 0.264. The van der Waals surface area contributed by atoms with E-state index in [0.29, 0.717) is 5.92 Å². The Hall–Kier alpha value is -0.0500. The van der Waals surface area contributed by atoms with Gasteiger partial charge in [0.2, 0.25) is 0 Å². The van der Waals surface area contributed by atoms with Gasteiger partial charge in [0.15, 0.2) is 0 Å². The average molecular weight is 291 g/mol.